The van der Waals surface area contributed by atoms with Gasteiger partial charge in [-0.1, -0.05) is 36.3 Å². The molecule has 0 saturated heterocycles. The van der Waals surface area contributed by atoms with Crippen LogP contribution in [0.25, 0.3) is 0 Å². The summed E-state index contributed by atoms with van der Waals surface area (Å²) < 4.78 is 0. The van der Waals surface area contributed by atoms with E-state index in [1.54, 1.807) is 11.9 Å². The summed E-state index contributed by atoms with van der Waals surface area (Å²) in [7, 11) is 1.76. The first-order chi connectivity index (χ1) is 9.70. The first-order valence-corrected chi connectivity index (χ1v) is 6.99. The predicted molar refractivity (Wildman–Crippen MR) is 82.6 cm³/mol. The van der Waals surface area contributed by atoms with Crippen molar-refractivity contribution in [2.45, 2.75) is 0 Å². The molecule has 0 radical (unpaired) electrons. The molecule has 0 spiro atoms. The van der Waals surface area contributed by atoms with Gasteiger partial charge in [0.2, 0.25) is 5.91 Å². The highest BCUT2D eigenvalue weighted by Crippen LogP contribution is 2.33. The maximum Gasteiger partial charge on any atom is 0.248 e. The van der Waals surface area contributed by atoms with Gasteiger partial charge in [-0.25, -0.2) is 0 Å². The molecule has 98 valence electrons. The van der Waals surface area contributed by atoms with Crippen molar-refractivity contribution in [1.29, 1.82) is 0 Å². The van der Waals surface area contributed by atoms with Gasteiger partial charge in [0.15, 0.2) is 0 Å². The Labute approximate surface area is 121 Å². The molecule has 0 bridgehead atoms. The van der Waals surface area contributed by atoms with Crippen LogP contribution in [0.4, 0.5) is 5.69 Å². The van der Waals surface area contributed by atoms with E-state index < -0.39 is 0 Å². The van der Waals surface area contributed by atoms with E-state index in [-0.39, 0.29) is 12.5 Å². The summed E-state index contributed by atoms with van der Waals surface area (Å²) >= 11 is 1.50. The van der Waals surface area contributed by atoms with Gasteiger partial charge in [-0.3, -0.25) is 9.79 Å². The van der Waals surface area contributed by atoms with Crippen molar-refractivity contribution in [2.75, 3.05) is 18.5 Å². The summed E-state index contributed by atoms with van der Waals surface area (Å²) in [5.74, 6) is 2.61. The van der Waals surface area contributed by atoms with Crippen LogP contribution in [0.1, 0.15) is 15.3 Å². The number of fused-ring (bicyclic) bond motifs is 1. The molecule has 0 saturated carbocycles. The fraction of sp³-hybridized carbons (Fsp3) is 0.125. The number of hydrogen-bond acceptors (Lipinski definition) is 3. The maximum absolute atomic E-state index is 12.0. The lowest BCUT2D eigenvalue weighted by atomic mass is 10.1. The van der Waals surface area contributed by atoms with E-state index in [4.69, 9.17) is 6.42 Å². The Hall–Kier alpha value is -2.38. The summed E-state index contributed by atoms with van der Waals surface area (Å²) in [4.78, 5) is 19.9. The Bertz CT molecular complexity index is 738. The van der Waals surface area contributed by atoms with Gasteiger partial charge in [0.05, 0.1) is 21.2 Å². The molecule has 1 amide bonds. The van der Waals surface area contributed by atoms with Gasteiger partial charge in [-0.05, 0) is 6.07 Å². The van der Waals surface area contributed by atoms with E-state index in [0.29, 0.717) is 0 Å². The zero-order valence-corrected chi connectivity index (χ0v) is 11.8. The number of likely N-dealkylation sites (N-methyl/N-ethyl adjacent to an activating group) is 1. The molecule has 3 rings (SSSR count). The Morgan fingerprint density at radius 3 is 2.80 bits per heavy atom. The number of carbonyl (C=O) groups is 1. The quantitative estimate of drug-likeness (QED) is 0.739. The number of thiophene rings is 1. The lowest BCUT2D eigenvalue weighted by molar-refractivity contribution is -0.116. The molecule has 1 aliphatic heterocycles. The van der Waals surface area contributed by atoms with E-state index >= 15 is 0 Å². The first-order valence-electron chi connectivity index (χ1n) is 6.18. The molecule has 2 heterocycles. The largest absolute Gasteiger partial charge is 0.312 e. The molecule has 0 unspecified atom stereocenters. The number of terminal acetylenes is 1. The minimum absolute atomic E-state index is 0.0291. The summed E-state index contributed by atoms with van der Waals surface area (Å²) in [5.41, 5.74) is 2.68. The van der Waals surface area contributed by atoms with Crippen LogP contribution in [0.3, 0.4) is 0 Å². The number of nitrogens with zero attached hydrogens (tertiary/aromatic N) is 2. The van der Waals surface area contributed by atoms with Gasteiger partial charge in [0, 0.05) is 12.6 Å². The molecule has 0 fully saturated rings. The molecule has 3 nitrogen and oxygen atoms in total. The van der Waals surface area contributed by atoms with Crippen LogP contribution in [0.2, 0.25) is 0 Å². The molecule has 20 heavy (non-hydrogen) atoms. The zero-order chi connectivity index (χ0) is 14.1. The van der Waals surface area contributed by atoms with Gasteiger partial charge in [0.1, 0.15) is 6.54 Å². The van der Waals surface area contributed by atoms with Crippen LogP contribution in [-0.2, 0) is 4.79 Å². The second kappa shape index (κ2) is 4.95. The number of hydrogen-bond donors (Lipinski definition) is 0. The molecule has 1 aromatic carbocycles. The summed E-state index contributed by atoms with van der Waals surface area (Å²) in [5, 5.41) is 0. The van der Waals surface area contributed by atoms with Crippen molar-refractivity contribution in [1.82, 2.24) is 0 Å². The van der Waals surface area contributed by atoms with Crippen molar-refractivity contribution in [3.8, 4) is 12.3 Å². The summed E-state index contributed by atoms with van der Waals surface area (Å²) in [6.45, 7) is 0.160. The smallest absolute Gasteiger partial charge is 0.248 e. The molecule has 2 aromatic rings. The number of aliphatic imine (C=N–C) groups is 1. The molecule has 0 N–H and O–H groups in total. The zero-order valence-electron chi connectivity index (χ0n) is 11.0. The highest BCUT2D eigenvalue weighted by atomic mass is 32.1. The normalized spacial score (nSPS) is 14.3. The lowest BCUT2D eigenvalue weighted by Crippen LogP contribution is -2.27. The highest BCUT2D eigenvalue weighted by Gasteiger charge is 2.24. The summed E-state index contributed by atoms with van der Waals surface area (Å²) in [6, 6.07) is 11.7. The molecular formula is C16H12N2OS. The maximum atomic E-state index is 12.0. The van der Waals surface area contributed by atoms with Crippen LogP contribution in [0.15, 0.2) is 41.4 Å². The third-order valence-electron chi connectivity index (χ3n) is 3.22. The average Bonchev–Trinajstić information content (AvgIpc) is 2.87. The van der Waals surface area contributed by atoms with Crippen LogP contribution in [-0.4, -0.2) is 25.2 Å². The number of benzene rings is 1. The van der Waals surface area contributed by atoms with Crippen molar-refractivity contribution in [2.24, 2.45) is 4.99 Å². The Balaban J connectivity index is 2.21. The van der Waals surface area contributed by atoms with Crippen LogP contribution < -0.4 is 4.90 Å². The second-order valence-electron chi connectivity index (χ2n) is 4.45. The number of amides is 1. The number of anilines is 1. The van der Waals surface area contributed by atoms with E-state index in [1.165, 1.54) is 11.3 Å². The molecular weight excluding hydrogens is 268 g/mol. The Morgan fingerprint density at radius 1 is 1.35 bits per heavy atom. The van der Waals surface area contributed by atoms with Crippen molar-refractivity contribution in [3.63, 3.8) is 0 Å². The van der Waals surface area contributed by atoms with Gasteiger partial charge in [-0.15, -0.1) is 17.8 Å². The third-order valence-corrected chi connectivity index (χ3v) is 4.29. The molecule has 4 heteroatoms. The standard InChI is InChI=1S/C16H12N2OS/c1-3-12-9-13-16(20-12)15(11-7-5-4-6-8-11)17-10-14(19)18(13)2/h1,4-9H,10H2,2H3. The highest BCUT2D eigenvalue weighted by molar-refractivity contribution is 7.15. The predicted octanol–water partition coefficient (Wildman–Crippen LogP) is 2.54. The van der Waals surface area contributed by atoms with Crippen LogP contribution in [0.5, 0.6) is 0 Å². The monoisotopic (exact) mass is 280 g/mol. The van der Waals surface area contributed by atoms with E-state index in [1.807, 2.05) is 36.4 Å². The summed E-state index contributed by atoms with van der Waals surface area (Å²) in [6.07, 6.45) is 5.48. The fourth-order valence-corrected chi connectivity index (χ4v) is 3.18. The SMILES string of the molecule is C#Cc1cc2c(s1)C(c1ccccc1)=NCC(=O)N2C. The minimum Gasteiger partial charge on any atom is -0.312 e. The topological polar surface area (TPSA) is 32.7 Å². The van der Waals surface area contributed by atoms with Crippen molar-refractivity contribution >= 4 is 28.6 Å². The van der Waals surface area contributed by atoms with E-state index in [2.05, 4.69) is 10.9 Å². The molecule has 0 atom stereocenters. The third kappa shape index (κ3) is 2.02. The van der Waals surface area contributed by atoms with Gasteiger partial charge in [0.25, 0.3) is 0 Å². The van der Waals surface area contributed by atoms with Gasteiger partial charge >= 0.3 is 0 Å². The molecule has 1 aromatic heterocycles. The van der Waals surface area contributed by atoms with E-state index in [0.717, 1.165) is 26.7 Å². The molecule has 1 aliphatic rings. The van der Waals surface area contributed by atoms with Crippen molar-refractivity contribution in [3.05, 3.63) is 51.7 Å². The minimum atomic E-state index is -0.0291. The Kier molecular flexibility index (Phi) is 3.13. The van der Waals surface area contributed by atoms with Crippen LogP contribution in [0, 0.1) is 12.3 Å². The molecule has 0 aliphatic carbocycles. The fourth-order valence-electron chi connectivity index (χ4n) is 2.15. The van der Waals surface area contributed by atoms with Crippen LogP contribution >= 0.6 is 11.3 Å². The average molecular weight is 280 g/mol. The first kappa shape index (κ1) is 12.6. The van der Waals surface area contributed by atoms with Gasteiger partial charge in [-0.2, -0.15) is 0 Å². The van der Waals surface area contributed by atoms with Crippen molar-refractivity contribution < 1.29 is 4.79 Å². The van der Waals surface area contributed by atoms with E-state index in [9.17, 15) is 4.79 Å². The lowest BCUT2D eigenvalue weighted by Gasteiger charge is -2.13. The second-order valence-corrected chi connectivity index (χ2v) is 5.51. The Morgan fingerprint density at radius 2 is 2.10 bits per heavy atom. The number of rotatable bonds is 1. The number of carbonyl (C=O) groups excluding carboxylic acids is 1. The van der Waals surface area contributed by atoms with Gasteiger partial charge < -0.3 is 4.90 Å².